The first-order valence-electron chi connectivity index (χ1n) is 37.2. The van der Waals surface area contributed by atoms with Crippen LogP contribution in [0.4, 0.5) is 14.4 Å². The molecule has 11 N–H and O–H groups in total. The Morgan fingerprint density at radius 1 is 0.372 bits per heavy atom. The van der Waals surface area contributed by atoms with Crippen molar-refractivity contribution in [2.75, 3.05) is 179 Å². The molecule has 6 aromatic carbocycles. The molecule has 620 valence electrons. The van der Waals surface area contributed by atoms with Crippen LogP contribution < -0.4 is 51.8 Å². The number of hydrogen-bond donors (Lipinski definition) is 10. The van der Waals surface area contributed by atoms with Crippen molar-refractivity contribution >= 4 is 118 Å². The van der Waals surface area contributed by atoms with E-state index in [1.807, 2.05) is 57.5 Å². The topological polar surface area (TPSA) is 353 Å². The third-order valence-corrected chi connectivity index (χ3v) is 25.3. The normalized spacial score (nSPS) is 16.2. The number of carbonyl (C=O) groups excluding carboxylic acids is 3. The van der Waals surface area contributed by atoms with Gasteiger partial charge >= 0.3 is 18.1 Å². The maximum absolute atomic E-state index is 13.3. The van der Waals surface area contributed by atoms with Gasteiger partial charge in [-0.25, -0.2) is 53.8 Å². The van der Waals surface area contributed by atoms with E-state index >= 15 is 0 Å². The summed E-state index contributed by atoms with van der Waals surface area (Å²) in [7, 11) is -5.65. The molecule has 9 rings (SSSR count). The third-order valence-electron chi connectivity index (χ3n) is 19.2. The minimum absolute atomic E-state index is 0.0232. The highest BCUT2D eigenvalue weighted by Crippen LogP contribution is 2.42. The number of rotatable bonds is 45. The molecule has 0 unspecified atom stereocenters. The van der Waals surface area contributed by atoms with Gasteiger partial charge in [0, 0.05) is 152 Å². The molecule has 6 amide bonds. The Labute approximate surface area is 692 Å². The van der Waals surface area contributed by atoms with Gasteiger partial charge in [0.25, 0.3) is 0 Å². The molecule has 0 aromatic heterocycles. The molecular weight excluding hydrogens is 1640 g/mol. The fourth-order valence-electron chi connectivity index (χ4n) is 13.6. The average Bonchev–Trinajstić information content (AvgIpc) is 0.781. The molecule has 6 aromatic rings. The van der Waals surface area contributed by atoms with Crippen LogP contribution in [0.2, 0.25) is 30.1 Å². The van der Waals surface area contributed by atoms with Crippen molar-refractivity contribution in [3.63, 3.8) is 0 Å². The highest BCUT2D eigenvalue weighted by Gasteiger charge is 2.33. The van der Waals surface area contributed by atoms with Gasteiger partial charge in [0.1, 0.15) is 0 Å². The van der Waals surface area contributed by atoms with Crippen molar-refractivity contribution in [2.45, 2.75) is 76.9 Å². The number of nitrogens with two attached hydrogens (primary N) is 1. The van der Waals surface area contributed by atoms with Gasteiger partial charge in [0.05, 0.1) is 94.0 Å². The maximum Gasteiger partial charge on any atom is 0.314 e. The summed E-state index contributed by atoms with van der Waals surface area (Å²) in [5.41, 5.74) is 14.2. The second-order valence-electron chi connectivity index (χ2n) is 27.9. The summed E-state index contributed by atoms with van der Waals surface area (Å²) in [4.78, 5) is 45.4. The lowest BCUT2D eigenvalue weighted by molar-refractivity contribution is 0.0516. The van der Waals surface area contributed by atoms with E-state index in [0.717, 1.165) is 50.1 Å². The molecule has 0 bridgehead atoms. The lowest BCUT2D eigenvalue weighted by Crippen LogP contribution is -2.50. The molecule has 0 saturated heterocycles. The van der Waals surface area contributed by atoms with E-state index in [1.165, 1.54) is 0 Å². The zero-order valence-corrected chi connectivity index (χ0v) is 70.4. The van der Waals surface area contributed by atoms with Crippen molar-refractivity contribution < 1.29 is 68.1 Å². The van der Waals surface area contributed by atoms with Crippen LogP contribution in [-0.4, -0.2) is 243 Å². The average molecular weight is 1750 g/mol. The number of amides is 6. The molecule has 3 heterocycles. The molecule has 0 fully saturated rings. The summed E-state index contributed by atoms with van der Waals surface area (Å²) in [6, 6.07) is 29.9. The number of fused-ring (bicyclic) bond motifs is 3. The highest BCUT2D eigenvalue weighted by molar-refractivity contribution is 7.90. The zero-order chi connectivity index (χ0) is 81.1. The smallest absolute Gasteiger partial charge is 0.314 e. The SMILES string of the molecule is CN1Cc2c(Cl)cc(Cl)cc2[C@H](c2cccc(S(=O)(=O)NCCOCCOCCNC(=O)NCCC(N)(CCNC(=O)NCCOCCOCCNS(=O)(=O)c3cccc([C@@H]4CN(C)Cc5c(Cl)cc(Cl)cc54)c3)CCNC(=O)NCCOCCOCCNS(=O)(=O)c3cccc([C@@H]4CN(C)Cc5c(Cl)cc(Cl)cc54)c3)c2)C1. The Morgan fingerprint density at radius 2 is 0.619 bits per heavy atom. The van der Waals surface area contributed by atoms with Crippen LogP contribution in [0.1, 0.15) is 87.1 Å². The van der Waals surface area contributed by atoms with Crippen LogP contribution in [-0.2, 0) is 78.1 Å². The minimum atomic E-state index is -3.87. The van der Waals surface area contributed by atoms with Crippen molar-refractivity contribution in [1.82, 2.24) is 60.8 Å². The molecule has 28 nitrogen and oxygen atoms in total. The van der Waals surface area contributed by atoms with Gasteiger partial charge in [-0.05, 0) is 163 Å². The van der Waals surface area contributed by atoms with Crippen LogP contribution in [0.5, 0.6) is 0 Å². The lowest BCUT2D eigenvalue weighted by atomic mass is 9.85. The molecule has 0 saturated carbocycles. The second-order valence-corrected chi connectivity index (χ2v) is 35.7. The summed E-state index contributed by atoms with van der Waals surface area (Å²) in [6.07, 6.45) is 0.779. The number of ether oxygens (including phenoxy) is 6. The first kappa shape index (κ1) is 91.1. The number of nitrogens with one attached hydrogen (secondary N) is 9. The van der Waals surface area contributed by atoms with E-state index < -0.39 is 53.7 Å². The number of urea groups is 3. The second kappa shape index (κ2) is 44.7. The first-order chi connectivity index (χ1) is 54.1. The Hall–Kier alpha value is -5.80. The molecule has 0 radical (unpaired) electrons. The van der Waals surface area contributed by atoms with Crippen LogP contribution in [0.15, 0.2) is 124 Å². The van der Waals surface area contributed by atoms with Crippen molar-refractivity contribution in [3.8, 4) is 0 Å². The van der Waals surface area contributed by atoms with Crippen LogP contribution >= 0.6 is 69.6 Å². The predicted molar refractivity (Wildman–Crippen MR) is 439 cm³/mol. The summed E-state index contributed by atoms with van der Waals surface area (Å²) in [5, 5.41) is 19.9. The van der Waals surface area contributed by atoms with Gasteiger partial charge in [-0.3, -0.25) is 0 Å². The van der Waals surface area contributed by atoms with Crippen LogP contribution in [0, 0.1) is 0 Å². The maximum atomic E-state index is 13.3. The van der Waals surface area contributed by atoms with E-state index in [1.54, 1.807) is 72.8 Å². The predicted octanol–water partition coefficient (Wildman–Crippen LogP) is 8.44. The minimum Gasteiger partial charge on any atom is -0.378 e. The molecule has 3 aliphatic heterocycles. The number of sulfonamides is 3. The Morgan fingerprint density at radius 3 is 0.885 bits per heavy atom. The van der Waals surface area contributed by atoms with Crippen molar-refractivity contribution in [3.05, 3.63) is 189 Å². The van der Waals surface area contributed by atoms with E-state index in [0.29, 0.717) is 69.4 Å². The van der Waals surface area contributed by atoms with E-state index in [9.17, 15) is 39.6 Å². The quantitative estimate of drug-likeness (QED) is 0.0160. The lowest BCUT2D eigenvalue weighted by Gasteiger charge is -2.33. The van der Waals surface area contributed by atoms with Gasteiger partial charge in [-0.15, -0.1) is 0 Å². The zero-order valence-electron chi connectivity index (χ0n) is 63.4. The fraction of sp³-hybridized carbons (Fsp3) is 0.487. The fourth-order valence-corrected chi connectivity index (χ4v) is 18.5. The number of hydrogen-bond acceptors (Lipinski definition) is 19. The molecular formula is C76H101Cl6N13O15S3. The van der Waals surface area contributed by atoms with Gasteiger partial charge in [-0.1, -0.05) is 106 Å². The number of benzene rings is 6. The largest absolute Gasteiger partial charge is 0.378 e. The molecule has 113 heavy (non-hydrogen) atoms. The number of halogens is 6. The number of carbonyl (C=O) groups is 3. The van der Waals surface area contributed by atoms with Gasteiger partial charge in [0.15, 0.2) is 0 Å². The van der Waals surface area contributed by atoms with Crippen molar-refractivity contribution in [1.29, 1.82) is 0 Å². The number of nitrogens with zero attached hydrogens (tertiary/aromatic N) is 3. The Bertz CT molecular complexity index is 4090. The standard InChI is InChI=1S/C76H101Cl6N13O15S3/c1-93-46-64(61-40-55(77)43-70(80)67(61)49-93)52-7-4-10-58(37-52)111(99,100)90-22-28-108-34-31-105-25-19-87-73(96)84-16-13-76(83,14-17-85-74(97)88-20-26-106-32-35-109-29-23-91-112(101,102)59-11-5-8-53(38-59)65-47-94(2)50-68-62(65)41-56(78)44-71(68)81)15-18-86-75(98)89-21-27-107-33-36-110-30-24-92-113(103,104)60-12-6-9-54(39-60)66-48-95(3)51-69-63(66)42-57(79)45-72(69)82/h4-12,37-45,64-66,90-92H,13-36,46-51,83H2,1-3H3,(H2,84,87,96)(H2,85,88,97)(H2,86,89,98)/t64-,65-,66-/m0/s1. The number of likely N-dealkylation sites (N-methyl/N-ethyl adjacent to an activating group) is 3. The Kier molecular flexibility index (Phi) is 36.0. The van der Waals surface area contributed by atoms with Crippen LogP contribution in [0.3, 0.4) is 0 Å². The summed E-state index contributed by atoms with van der Waals surface area (Å²) >= 11 is 38.8. The van der Waals surface area contributed by atoms with Crippen LogP contribution in [0.25, 0.3) is 0 Å². The third kappa shape index (κ3) is 28.5. The van der Waals surface area contributed by atoms with Crippen molar-refractivity contribution in [2.24, 2.45) is 5.73 Å². The summed E-state index contributed by atoms with van der Waals surface area (Å²) < 4.78 is 122. The highest BCUT2D eigenvalue weighted by atomic mass is 35.5. The Balaban J connectivity index is 0.636. The molecule has 3 atom stereocenters. The van der Waals surface area contributed by atoms with E-state index in [2.05, 4.69) is 60.8 Å². The molecule has 37 heteroatoms. The van der Waals surface area contributed by atoms with E-state index in [4.69, 9.17) is 104 Å². The molecule has 3 aliphatic rings. The molecule has 0 aliphatic carbocycles. The van der Waals surface area contributed by atoms with Gasteiger partial charge in [-0.2, -0.15) is 0 Å². The van der Waals surface area contributed by atoms with Gasteiger partial charge < -0.3 is 80.8 Å². The first-order valence-corrected chi connectivity index (χ1v) is 43.9. The van der Waals surface area contributed by atoms with Gasteiger partial charge in [0.2, 0.25) is 30.1 Å². The van der Waals surface area contributed by atoms with E-state index in [-0.39, 0.29) is 190 Å². The summed E-state index contributed by atoms with van der Waals surface area (Å²) in [6.45, 7) is 6.74. The monoisotopic (exact) mass is 1740 g/mol. The summed E-state index contributed by atoms with van der Waals surface area (Å²) in [5.74, 6) is -0.409. The molecule has 0 spiro atoms.